The highest BCUT2D eigenvalue weighted by Gasteiger charge is 2.51. The van der Waals surface area contributed by atoms with E-state index in [1.807, 2.05) is 0 Å². The molecule has 402 valence electrons. The third-order valence-corrected chi connectivity index (χ3v) is 14.6. The molecule has 1 saturated carbocycles. The third-order valence-electron chi connectivity index (χ3n) is 13.6. The molecule has 0 saturated heterocycles. The zero-order valence-corrected chi connectivity index (χ0v) is 43.9. The number of aliphatic hydroxyl groups excluding tert-OH is 7. The molecule has 1 fully saturated rings. The minimum atomic E-state index is -5.13. The molecule has 0 heterocycles. The van der Waals surface area contributed by atoms with Crippen LogP contribution < -0.4 is 5.32 Å². The molecule has 0 aliphatic heterocycles. The van der Waals surface area contributed by atoms with E-state index in [1.54, 1.807) is 0 Å². The van der Waals surface area contributed by atoms with Crippen molar-refractivity contribution in [3.63, 3.8) is 0 Å². The average molecular weight is 990 g/mol. The molecule has 0 spiro atoms. The number of amides is 1. The molecule has 0 bridgehead atoms. The summed E-state index contributed by atoms with van der Waals surface area (Å²) in [5.74, 6) is -0.565. The Morgan fingerprint density at radius 2 is 0.868 bits per heavy atom. The lowest BCUT2D eigenvalue weighted by atomic mass is 9.85. The number of unbranched alkanes of at least 4 members (excludes halogenated alkanes) is 30. The molecule has 0 radical (unpaired) electrons. The van der Waals surface area contributed by atoms with Crippen LogP contribution >= 0.6 is 7.82 Å². The fourth-order valence-corrected chi connectivity index (χ4v) is 10.0. The summed E-state index contributed by atoms with van der Waals surface area (Å²) >= 11 is 0. The highest BCUT2D eigenvalue weighted by atomic mass is 31.2. The minimum Gasteiger partial charge on any atom is -0.393 e. The molecule has 1 aliphatic carbocycles. The lowest BCUT2D eigenvalue weighted by molar-refractivity contribution is -0.220. The topological polar surface area (TPSA) is 226 Å². The normalized spacial score (nSPS) is 22.2. The maximum Gasteiger partial charge on any atom is 0.472 e. The molecule has 0 aromatic rings. The molecule has 68 heavy (non-hydrogen) atoms. The zero-order chi connectivity index (χ0) is 50.1. The Kier molecular flexibility index (Phi) is 41.3. The standard InChI is InChI=1S/C54H104NO12P/c1-3-5-7-9-11-13-15-17-19-21-22-23-24-26-27-29-31-33-35-37-39-41-45(56)43-48(58)55-46(44-66-68(64,65)67-54-52(62)50(60)49(59)51(61)53(54)63)47(57)42-40-38-36-34-32-30-28-25-20-18-16-14-12-10-8-6-4-2/h22-23,26-27,45-47,49-54,56-57,59-63H,3-21,24-25,28-44H2,1-2H3,(H,55,58)(H,64,65)/b23-22-,27-26-. The fraction of sp³-hybridized carbons (Fsp3) is 0.907. The molecular weight excluding hydrogens is 886 g/mol. The highest BCUT2D eigenvalue weighted by molar-refractivity contribution is 7.47. The van der Waals surface area contributed by atoms with Crippen LogP contribution in [0.5, 0.6) is 0 Å². The van der Waals surface area contributed by atoms with Gasteiger partial charge in [-0.3, -0.25) is 13.8 Å². The second-order valence-corrected chi connectivity index (χ2v) is 21.4. The van der Waals surface area contributed by atoms with Crippen molar-refractivity contribution in [2.45, 2.75) is 306 Å². The lowest BCUT2D eigenvalue weighted by Gasteiger charge is -2.41. The van der Waals surface area contributed by atoms with Crippen LogP contribution in [-0.4, -0.2) is 108 Å². The number of nitrogens with one attached hydrogen (secondary N) is 1. The number of aliphatic hydroxyl groups is 7. The van der Waals surface area contributed by atoms with Crippen molar-refractivity contribution in [3.05, 3.63) is 24.3 Å². The SMILES string of the molecule is CCCCCCCCCCC/C=C\C/C=C\CCCCCCCC(O)CC(=O)NC(COP(=O)(O)OC1C(O)C(O)C(O)C(O)C1O)C(O)CCCCCCCCCCCCCCCCCCC. The average Bonchev–Trinajstić information content (AvgIpc) is 3.31. The number of phosphoric ester groups is 1. The van der Waals surface area contributed by atoms with E-state index >= 15 is 0 Å². The van der Waals surface area contributed by atoms with Gasteiger partial charge in [-0.25, -0.2) is 4.57 Å². The minimum absolute atomic E-state index is 0.230. The summed E-state index contributed by atoms with van der Waals surface area (Å²) in [6.45, 7) is 3.82. The van der Waals surface area contributed by atoms with Crippen molar-refractivity contribution in [1.82, 2.24) is 5.32 Å². The van der Waals surface area contributed by atoms with E-state index in [0.717, 1.165) is 70.6 Å². The van der Waals surface area contributed by atoms with Crippen LogP contribution in [0.25, 0.3) is 0 Å². The lowest BCUT2D eigenvalue weighted by Crippen LogP contribution is -2.64. The van der Waals surface area contributed by atoms with Gasteiger partial charge in [0.15, 0.2) is 0 Å². The van der Waals surface area contributed by atoms with E-state index in [1.165, 1.54) is 141 Å². The second-order valence-electron chi connectivity index (χ2n) is 20.0. The molecule has 8 atom stereocenters. The molecule has 8 unspecified atom stereocenters. The van der Waals surface area contributed by atoms with Gasteiger partial charge in [-0.15, -0.1) is 0 Å². The van der Waals surface area contributed by atoms with Gasteiger partial charge in [0.2, 0.25) is 5.91 Å². The maximum absolute atomic E-state index is 13.1. The molecule has 14 heteroatoms. The van der Waals surface area contributed by atoms with Crippen molar-refractivity contribution in [3.8, 4) is 0 Å². The molecule has 1 amide bonds. The first kappa shape index (κ1) is 64.8. The van der Waals surface area contributed by atoms with Crippen LogP contribution in [0.15, 0.2) is 24.3 Å². The van der Waals surface area contributed by atoms with Gasteiger partial charge in [0.1, 0.15) is 36.6 Å². The van der Waals surface area contributed by atoms with Crippen LogP contribution in [-0.2, 0) is 18.4 Å². The number of rotatable bonds is 47. The van der Waals surface area contributed by atoms with E-state index in [9.17, 15) is 50.0 Å². The highest BCUT2D eigenvalue weighted by Crippen LogP contribution is 2.47. The first-order chi connectivity index (χ1) is 32.8. The monoisotopic (exact) mass is 990 g/mol. The van der Waals surface area contributed by atoms with Crippen LogP contribution in [0.2, 0.25) is 0 Å². The van der Waals surface area contributed by atoms with Crippen molar-refractivity contribution >= 4 is 13.7 Å². The van der Waals surface area contributed by atoms with Gasteiger partial charge in [-0.05, 0) is 44.9 Å². The maximum atomic E-state index is 13.1. The van der Waals surface area contributed by atoms with Crippen LogP contribution in [0.4, 0.5) is 0 Å². The number of carbonyl (C=O) groups excluding carboxylic acids is 1. The molecule has 0 aromatic carbocycles. The van der Waals surface area contributed by atoms with Crippen molar-refractivity contribution < 1.29 is 59.0 Å². The van der Waals surface area contributed by atoms with Crippen molar-refractivity contribution in [1.29, 1.82) is 0 Å². The van der Waals surface area contributed by atoms with Crippen LogP contribution in [0.1, 0.15) is 251 Å². The summed E-state index contributed by atoms with van der Waals surface area (Å²) in [5.41, 5.74) is 0. The molecule has 13 nitrogen and oxygen atoms in total. The van der Waals surface area contributed by atoms with Crippen LogP contribution in [0, 0.1) is 0 Å². The smallest absolute Gasteiger partial charge is 0.393 e. The summed E-state index contributed by atoms with van der Waals surface area (Å²) in [5, 5.41) is 75.0. The van der Waals surface area contributed by atoms with Gasteiger partial charge in [0, 0.05) is 0 Å². The predicted molar refractivity (Wildman–Crippen MR) is 275 cm³/mol. The second kappa shape index (κ2) is 43.4. The summed E-state index contributed by atoms with van der Waals surface area (Å²) < 4.78 is 23.0. The Bertz CT molecular complexity index is 1260. The summed E-state index contributed by atoms with van der Waals surface area (Å²) in [6.07, 6.45) is 36.4. The predicted octanol–water partition coefficient (Wildman–Crippen LogP) is 11.1. The van der Waals surface area contributed by atoms with E-state index in [2.05, 4.69) is 43.5 Å². The molecule has 0 aromatic heterocycles. The number of hydrogen-bond donors (Lipinski definition) is 9. The van der Waals surface area contributed by atoms with Gasteiger partial charge < -0.3 is 46.0 Å². The first-order valence-corrected chi connectivity index (χ1v) is 29.4. The third kappa shape index (κ3) is 34.2. The fourth-order valence-electron chi connectivity index (χ4n) is 9.04. The summed E-state index contributed by atoms with van der Waals surface area (Å²) in [4.78, 5) is 23.6. The Morgan fingerprint density at radius 1 is 0.515 bits per heavy atom. The van der Waals surface area contributed by atoms with Gasteiger partial charge in [0.05, 0.1) is 31.3 Å². The number of phosphoric acid groups is 1. The van der Waals surface area contributed by atoms with Crippen LogP contribution in [0.3, 0.4) is 0 Å². The Labute approximate surface area is 414 Å². The van der Waals surface area contributed by atoms with E-state index in [-0.39, 0.29) is 12.8 Å². The van der Waals surface area contributed by atoms with Crippen molar-refractivity contribution in [2.75, 3.05) is 6.61 Å². The molecule has 1 rings (SSSR count). The van der Waals surface area contributed by atoms with Gasteiger partial charge in [-0.2, -0.15) is 0 Å². The largest absolute Gasteiger partial charge is 0.472 e. The van der Waals surface area contributed by atoms with Crippen molar-refractivity contribution in [2.24, 2.45) is 0 Å². The Hall–Kier alpha value is -1.22. The zero-order valence-electron chi connectivity index (χ0n) is 43.0. The molecule has 1 aliphatic rings. The Morgan fingerprint density at radius 3 is 1.28 bits per heavy atom. The van der Waals surface area contributed by atoms with Gasteiger partial charge in [0.25, 0.3) is 0 Å². The Balaban J connectivity index is 2.42. The molecule has 9 N–H and O–H groups in total. The van der Waals surface area contributed by atoms with Gasteiger partial charge in [-0.1, -0.05) is 224 Å². The summed E-state index contributed by atoms with van der Waals surface area (Å²) in [6, 6.07) is -1.16. The van der Waals surface area contributed by atoms with Gasteiger partial charge >= 0.3 is 7.82 Å². The van der Waals surface area contributed by atoms with E-state index in [4.69, 9.17) is 9.05 Å². The number of carbonyl (C=O) groups is 1. The number of allylic oxidation sites excluding steroid dienone is 4. The number of hydrogen-bond acceptors (Lipinski definition) is 11. The molecular formula is C54H104NO12P. The van der Waals surface area contributed by atoms with E-state index in [0.29, 0.717) is 12.8 Å². The first-order valence-electron chi connectivity index (χ1n) is 27.9. The quantitative estimate of drug-likeness (QED) is 0.0158. The summed E-state index contributed by atoms with van der Waals surface area (Å²) in [7, 11) is -5.13. The van der Waals surface area contributed by atoms with E-state index < -0.39 is 75.2 Å².